The lowest BCUT2D eigenvalue weighted by molar-refractivity contribution is -0.148. The average molecular weight is 1100 g/mol. The van der Waals surface area contributed by atoms with Crippen molar-refractivity contribution in [3.05, 3.63) is 110 Å². The molecule has 0 bridgehead atoms. The number of rotatable bonds is 19. The highest BCUT2D eigenvalue weighted by molar-refractivity contribution is 6.14. The fraction of sp³-hybridized carbons (Fsp3) is 0.446. The number of nitrogens with one attached hydrogen (secondary N) is 6. The summed E-state index contributed by atoms with van der Waals surface area (Å²) in [7, 11) is 1.50. The summed E-state index contributed by atoms with van der Waals surface area (Å²) in [5.74, 6) is -4.85. The van der Waals surface area contributed by atoms with Crippen LogP contribution in [0.25, 0.3) is 22.3 Å². The normalized spacial score (nSPS) is 15.6. The number of carbonyl (C=O) groups is 9. The summed E-state index contributed by atoms with van der Waals surface area (Å²) in [5, 5.41) is 16.2. The number of likely N-dealkylation sites (N-methyl/N-ethyl adjacent to an activating group) is 1. The zero-order valence-corrected chi connectivity index (χ0v) is 46.3. The number of cyclic esters (lactones) is 1. The lowest BCUT2D eigenvalue weighted by Gasteiger charge is -2.30. The van der Waals surface area contributed by atoms with Gasteiger partial charge in [-0.2, -0.15) is 0 Å². The Hall–Kier alpha value is -8.18. The molecule has 0 saturated heterocycles. The number of aryl methyl sites for hydroxylation is 1. The highest BCUT2D eigenvalue weighted by atomic mass is 19.1. The third-order valence-corrected chi connectivity index (χ3v) is 13.0. The molecule has 22 nitrogen and oxygen atoms in total. The summed E-state index contributed by atoms with van der Waals surface area (Å²) >= 11 is 0. The van der Waals surface area contributed by atoms with Crippen LogP contribution in [0.3, 0.4) is 0 Å². The van der Waals surface area contributed by atoms with Crippen LogP contribution in [-0.2, 0) is 78.6 Å². The Morgan fingerprint density at radius 2 is 1.56 bits per heavy atom. The highest BCUT2D eigenvalue weighted by Crippen LogP contribution is 2.45. The maximum absolute atomic E-state index is 15.3. The number of imide groups is 1. The van der Waals surface area contributed by atoms with Crippen molar-refractivity contribution in [3.8, 4) is 11.4 Å². The van der Waals surface area contributed by atoms with Crippen molar-refractivity contribution in [1.82, 2.24) is 46.4 Å². The number of benzene rings is 2. The van der Waals surface area contributed by atoms with E-state index in [-0.39, 0.29) is 57.3 Å². The topological polar surface area (TPSA) is 308 Å². The van der Waals surface area contributed by atoms with Gasteiger partial charge >= 0.3 is 5.97 Å². The van der Waals surface area contributed by atoms with Gasteiger partial charge in [-0.05, 0) is 80.5 Å². The van der Waals surface area contributed by atoms with E-state index in [4.69, 9.17) is 14.5 Å². The first-order valence-corrected chi connectivity index (χ1v) is 26.5. The standard InChI is InChI=1S/C43H46FN7O9.C8H10N2O3.2C2H6.CH5N/c1-4-24-26-14-33-39-27(18-51(33)42(57)28(26)19-59-43(24)58)38-30(12-11-25-22(3)29(44)15-31(49-39)37(25)38)50-41(56)34(5-2)60-21-47-35(53)17-46-40(55)32(48-36(54)16-45-20-52)13-23-9-7-6-8-10-23;1-2-9-6(11)5-10-7(12)3-4-8(10)13;3*1-2/h6-10,14-15,20,24,30,32,34H,4-5,11-13,16-19,21H2,1-3H3,(H,45,52)(H,46,55)(H,47,53)(H,48,54)(H,50,56);3-4H,2,5H2,1H3,(H,9,11);2*1-2H3;2H2,1H3. The molecule has 8 rings (SSSR count). The van der Waals surface area contributed by atoms with Gasteiger partial charge < -0.3 is 51.7 Å². The van der Waals surface area contributed by atoms with E-state index in [0.29, 0.717) is 65.8 Å². The first-order valence-electron chi connectivity index (χ1n) is 26.5. The van der Waals surface area contributed by atoms with Gasteiger partial charge in [-0.3, -0.25) is 52.8 Å². The molecule has 23 heteroatoms. The van der Waals surface area contributed by atoms with Crippen molar-refractivity contribution in [2.75, 3.05) is 40.0 Å². The van der Waals surface area contributed by atoms with Gasteiger partial charge in [0.2, 0.25) is 35.9 Å². The van der Waals surface area contributed by atoms with Gasteiger partial charge in [0.25, 0.3) is 17.4 Å². The summed E-state index contributed by atoms with van der Waals surface area (Å²) in [4.78, 5) is 128. The van der Waals surface area contributed by atoms with Gasteiger partial charge in [0.15, 0.2) is 0 Å². The molecule has 4 aromatic rings. The third kappa shape index (κ3) is 15.3. The third-order valence-electron chi connectivity index (χ3n) is 13.0. The van der Waals surface area contributed by atoms with Crippen LogP contribution in [0.2, 0.25) is 0 Å². The Bertz CT molecular complexity index is 2960. The average Bonchev–Trinajstić information content (AvgIpc) is 3.90. The molecule has 0 radical (unpaired) electrons. The summed E-state index contributed by atoms with van der Waals surface area (Å²) in [6.07, 6.45) is 3.42. The molecular weight excluding hydrogens is 1020 g/mol. The van der Waals surface area contributed by atoms with Crippen molar-refractivity contribution in [1.29, 1.82) is 0 Å². The van der Waals surface area contributed by atoms with Gasteiger partial charge in [0, 0.05) is 42.1 Å². The Morgan fingerprint density at radius 3 is 2.19 bits per heavy atom. The molecule has 0 fully saturated rings. The minimum Gasteiger partial charge on any atom is -0.460 e. The highest BCUT2D eigenvalue weighted by Gasteiger charge is 2.38. The largest absolute Gasteiger partial charge is 0.460 e. The molecule has 8 amide bonds. The number of ether oxygens (including phenoxy) is 2. The van der Waals surface area contributed by atoms with Crippen LogP contribution in [0.5, 0.6) is 0 Å². The first-order chi connectivity index (χ1) is 38.1. The van der Waals surface area contributed by atoms with Gasteiger partial charge in [-0.15, -0.1) is 0 Å². The molecule has 4 atom stereocenters. The zero-order chi connectivity index (χ0) is 58.5. The van der Waals surface area contributed by atoms with Crippen molar-refractivity contribution in [2.24, 2.45) is 5.73 Å². The molecule has 2 aromatic carbocycles. The molecule has 79 heavy (non-hydrogen) atoms. The van der Waals surface area contributed by atoms with Crippen LogP contribution < -0.4 is 43.2 Å². The number of nitrogens with two attached hydrogens (primary N) is 1. The second-order valence-electron chi connectivity index (χ2n) is 17.6. The summed E-state index contributed by atoms with van der Waals surface area (Å²) in [5.41, 5.74) is 10.2. The van der Waals surface area contributed by atoms with E-state index in [1.807, 2.05) is 46.8 Å². The zero-order valence-electron chi connectivity index (χ0n) is 46.3. The van der Waals surface area contributed by atoms with Crippen LogP contribution in [0.4, 0.5) is 4.39 Å². The lowest BCUT2D eigenvalue weighted by atomic mass is 9.81. The second kappa shape index (κ2) is 30.7. The first kappa shape index (κ1) is 63.4. The smallest absolute Gasteiger partial charge is 0.313 e. The molecule has 2 aromatic heterocycles. The number of halogens is 1. The molecule has 4 unspecified atom stereocenters. The Labute approximate surface area is 458 Å². The van der Waals surface area contributed by atoms with Crippen LogP contribution >= 0.6 is 0 Å². The quantitative estimate of drug-likeness (QED) is 0.0271. The molecule has 4 aliphatic rings. The number of nitrogens with zero attached hydrogens (tertiary/aromatic N) is 3. The minimum atomic E-state index is -1.03. The molecule has 8 N–H and O–H groups in total. The molecule has 426 valence electrons. The van der Waals surface area contributed by atoms with Crippen LogP contribution in [0, 0.1) is 12.7 Å². The monoisotopic (exact) mass is 1100 g/mol. The van der Waals surface area contributed by atoms with E-state index in [1.54, 1.807) is 49.6 Å². The number of carbonyl (C=O) groups excluding carboxylic acids is 9. The van der Waals surface area contributed by atoms with Crippen molar-refractivity contribution in [2.45, 2.75) is 125 Å². The molecule has 0 saturated carbocycles. The van der Waals surface area contributed by atoms with Gasteiger partial charge in [0.05, 0.1) is 54.1 Å². The van der Waals surface area contributed by atoms with E-state index in [0.717, 1.165) is 44.7 Å². The molecular formula is C56H73FN10O12. The lowest BCUT2D eigenvalue weighted by Crippen LogP contribution is -2.51. The van der Waals surface area contributed by atoms with Gasteiger partial charge in [0.1, 0.15) is 37.8 Å². The summed E-state index contributed by atoms with van der Waals surface area (Å²) in [6, 6.07) is 10.6. The van der Waals surface area contributed by atoms with E-state index in [1.165, 1.54) is 13.1 Å². The van der Waals surface area contributed by atoms with Crippen LogP contribution in [-0.4, -0.2) is 120 Å². The predicted molar refractivity (Wildman–Crippen MR) is 292 cm³/mol. The van der Waals surface area contributed by atoms with Crippen molar-refractivity contribution < 1.29 is 57.0 Å². The van der Waals surface area contributed by atoms with Crippen molar-refractivity contribution in [3.63, 3.8) is 0 Å². The summed E-state index contributed by atoms with van der Waals surface area (Å²) in [6.45, 7) is 14.3. The predicted octanol–water partition coefficient (Wildman–Crippen LogP) is 2.66. The summed E-state index contributed by atoms with van der Waals surface area (Å²) < 4.78 is 28.1. The van der Waals surface area contributed by atoms with Gasteiger partial charge in [-0.1, -0.05) is 71.9 Å². The maximum Gasteiger partial charge on any atom is 0.313 e. The number of amides is 8. The Morgan fingerprint density at radius 1 is 0.873 bits per heavy atom. The fourth-order valence-electron chi connectivity index (χ4n) is 9.36. The SMILES string of the molecule is CC.CC.CCC(OCNC(=O)CNC(=O)C(Cc1ccccc1)NC(=O)CNC=O)C(=O)NC1CCc2c(C)c(F)cc3nc4c(c1c23)Cn1c-4cc2c(c1=O)COC(=O)C2CC.CCNC(=O)CN1C(=O)C=CC1=O.CN. The maximum atomic E-state index is 15.3. The van der Waals surface area contributed by atoms with E-state index >= 15 is 4.39 Å². The van der Waals surface area contributed by atoms with Crippen LogP contribution in [0.15, 0.2) is 59.4 Å². The number of hydrogen-bond donors (Lipinski definition) is 7. The van der Waals surface area contributed by atoms with E-state index in [2.05, 4.69) is 37.6 Å². The molecule has 1 aliphatic carbocycles. The Balaban J connectivity index is 0.000000608. The number of aromatic nitrogens is 2. The van der Waals surface area contributed by atoms with Crippen molar-refractivity contribution >= 4 is 64.6 Å². The number of fused-ring (bicyclic) bond motifs is 5. The molecule has 3 aliphatic heterocycles. The minimum absolute atomic E-state index is 0.125. The molecule has 0 spiro atoms. The number of pyridine rings is 2. The number of esters is 1. The van der Waals surface area contributed by atoms with Crippen LogP contribution in [0.1, 0.15) is 119 Å². The van der Waals surface area contributed by atoms with E-state index < -0.39 is 77.9 Å². The second-order valence-corrected chi connectivity index (χ2v) is 17.6. The van der Waals surface area contributed by atoms with Gasteiger partial charge in [-0.25, -0.2) is 9.37 Å². The fourth-order valence-corrected chi connectivity index (χ4v) is 9.36. The number of hydrogen-bond acceptors (Lipinski definition) is 14. The molecule has 5 heterocycles. The Kier molecular flexibility index (Phi) is 24.6. The van der Waals surface area contributed by atoms with E-state index in [9.17, 15) is 47.9 Å².